The van der Waals surface area contributed by atoms with E-state index in [9.17, 15) is 14.3 Å². The second-order valence-corrected chi connectivity index (χ2v) is 6.96. The first kappa shape index (κ1) is 17.0. The zero-order valence-electron chi connectivity index (χ0n) is 14.4. The highest BCUT2D eigenvalue weighted by atomic mass is 19.1. The van der Waals surface area contributed by atoms with E-state index in [0.717, 1.165) is 25.1 Å². The predicted molar refractivity (Wildman–Crippen MR) is 97.6 cm³/mol. The Bertz CT molecular complexity index is 834. The minimum Gasteiger partial charge on any atom is -0.387 e. The second-order valence-electron chi connectivity index (χ2n) is 6.96. The van der Waals surface area contributed by atoms with E-state index in [-0.39, 0.29) is 11.6 Å². The number of halogens is 1. The van der Waals surface area contributed by atoms with E-state index in [1.165, 1.54) is 17.7 Å². The number of nitrogens with zero attached hydrogens (tertiary/aromatic N) is 2. The number of benzene rings is 2. The van der Waals surface area contributed by atoms with E-state index in [2.05, 4.69) is 15.9 Å². The molecular weight excluding hydrogens is 333 g/mol. The summed E-state index contributed by atoms with van der Waals surface area (Å²) in [5.74, 6) is -1.09. The summed E-state index contributed by atoms with van der Waals surface area (Å²) in [5, 5.41) is 10.7. The van der Waals surface area contributed by atoms with Gasteiger partial charge in [-0.25, -0.2) is 4.39 Å². The quantitative estimate of drug-likeness (QED) is 0.879. The number of aliphatic hydroxyl groups excluding tert-OH is 1. The van der Waals surface area contributed by atoms with Crippen molar-refractivity contribution < 1.29 is 14.3 Å². The third-order valence-electron chi connectivity index (χ3n) is 5.52. The molecule has 26 heavy (non-hydrogen) atoms. The van der Waals surface area contributed by atoms with Gasteiger partial charge in [-0.3, -0.25) is 9.69 Å². The summed E-state index contributed by atoms with van der Waals surface area (Å²) >= 11 is 0. The first-order chi connectivity index (χ1) is 12.5. The Morgan fingerprint density at radius 3 is 2.54 bits per heavy atom. The van der Waals surface area contributed by atoms with Crippen molar-refractivity contribution in [1.29, 1.82) is 0 Å². The lowest BCUT2D eigenvalue weighted by molar-refractivity contribution is 0.0572. The average Bonchev–Trinajstić information content (AvgIpc) is 2.99. The number of hydrogen-bond donors (Lipinski definition) is 2. The molecule has 5 nitrogen and oxygen atoms in total. The van der Waals surface area contributed by atoms with E-state index in [1.54, 1.807) is 6.07 Å². The summed E-state index contributed by atoms with van der Waals surface area (Å²) in [7, 11) is 0. The topological polar surface area (TPSA) is 69.8 Å². The lowest BCUT2D eigenvalue weighted by Gasteiger charge is -2.40. The molecule has 0 radical (unpaired) electrons. The Hall–Kier alpha value is -2.44. The van der Waals surface area contributed by atoms with Gasteiger partial charge < -0.3 is 15.7 Å². The molecule has 1 amide bonds. The van der Waals surface area contributed by atoms with Crippen molar-refractivity contribution in [1.82, 2.24) is 4.90 Å². The first-order valence-electron chi connectivity index (χ1n) is 8.89. The van der Waals surface area contributed by atoms with E-state index >= 15 is 0 Å². The summed E-state index contributed by atoms with van der Waals surface area (Å²) in [5.41, 5.74) is 8.53. The number of amides is 1. The maximum absolute atomic E-state index is 13.5. The lowest BCUT2D eigenvalue weighted by Crippen LogP contribution is -2.52. The molecule has 0 bridgehead atoms. The Balaban J connectivity index is 1.47. The summed E-state index contributed by atoms with van der Waals surface area (Å²) in [6.07, 6.45) is 0.380. The second kappa shape index (κ2) is 6.70. The maximum atomic E-state index is 13.5. The molecule has 4 rings (SSSR count). The molecule has 1 aliphatic carbocycles. The van der Waals surface area contributed by atoms with Crippen LogP contribution in [0.1, 0.15) is 27.6 Å². The Morgan fingerprint density at radius 2 is 1.85 bits per heavy atom. The largest absolute Gasteiger partial charge is 0.387 e. The van der Waals surface area contributed by atoms with E-state index in [0.29, 0.717) is 18.8 Å². The van der Waals surface area contributed by atoms with E-state index < -0.39 is 17.8 Å². The molecule has 6 heteroatoms. The molecule has 0 saturated carbocycles. The highest BCUT2D eigenvalue weighted by molar-refractivity contribution is 5.98. The number of primary amides is 1. The lowest BCUT2D eigenvalue weighted by atomic mass is 10.1. The zero-order chi connectivity index (χ0) is 18.3. The number of rotatable bonds is 3. The highest BCUT2D eigenvalue weighted by Crippen LogP contribution is 2.35. The molecule has 2 aliphatic rings. The Kier molecular flexibility index (Phi) is 4.38. The van der Waals surface area contributed by atoms with Crippen molar-refractivity contribution in [2.24, 2.45) is 5.73 Å². The van der Waals surface area contributed by atoms with Crippen molar-refractivity contribution in [2.75, 3.05) is 31.1 Å². The van der Waals surface area contributed by atoms with E-state index in [1.807, 2.05) is 18.2 Å². The van der Waals surface area contributed by atoms with Crippen molar-refractivity contribution >= 4 is 11.6 Å². The van der Waals surface area contributed by atoms with Gasteiger partial charge in [-0.2, -0.15) is 0 Å². The smallest absolute Gasteiger partial charge is 0.250 e. The van der Waals surface area contributed by atoms with Gasteiger partial charge in [-0.15, -0.1) is 0 Å². The van der Waals surface area contributed by atoms with Crippen LogP contribution in [-0.2, 0) is 6.42 Å². The molecule has 1 heterocycles. The fourth-order valence-electron chi connectivity index (χ4n) is 4.16. The van der Waals surface area contributed by atoms with Crippen LogP contribution >= 0.6 is 0 Å². The summed E-state index contributed by atoms with van der Waals surface area (Å²) < 4.78 is 13.5. The van der Waals surface area contributed by atoms with Crippen LogP contribution in [0.15, 0.2) is 42.5 Å². The van der Waals surface area contributed by atoms with Crippen LogP contribution in [0.4, 0.5) is 10.1 Å². The fraction of sp³-hybridized carbons (Fsp3) is 0.350. The monoisotopic (exact) mass is 355 g/mol. The average molecular weight is 355 g/mol. The molecule has 2 aromatic carbocycles. The van der Waals surface area contributed by atoms with Gasteiger partial charge in [0.25, 0.3) is 5.91 Å². The van der Waals surface area contributed by atoms with Gasteiger partial charge in [0.2, 0.25) is 0 Å². The number of carbonyl (C=O) groups excluding carboxylic acids is 1. The molecule has 1 aliphatic heterocycles. The van der Waals surface area contributed by atoms with Crippen molar-refractivity contribution in [3.8, 4) is 0 Å². The third-order valence-corrected chi connectivity index (χ3v) is 5.52. The number of carbonyl (C=O) groups is 1. The third kappa shape index (κ3) is 2.95. The Morgan fingerprint density at radius 1 is 1.12 bits per heavy atom. The number of fused-ring (bicyclic) bond motifs is 1. The molecule has 3 N–H and O–H groups in total. The van der Waals surface area contributed by atoms with Crippen molar-refractivity contribution in [3.63, 3.8) is 0 Å². The minimum atomic E-state index is -0.622. The molecule has 1 saturated heterocycles. The molecular formula is C20H22FN3O2. The van der Waals surface area contributed by atoms with Crippen molar-refractivity contribution in [2.45, 2.75) is 18.6 Å². The van der Waals surface area contributed by atoms with Gasteiger partial charge in [0.1, 0.15) is 5.82 Å². The molecule has 136 valence electrons. The van der Waals surface area contributed by atoms with Gasteiger partial charge in [0, 0.05) is 37.9 Å². The minimum absolute atomic E-state index is 0.0818. The normalized spacial score (nSPS) is 23.1. The summed E-state index contributed by atoms with van der Waals surface area (Å²) in [4.78, 5) is 16.0. The van der Waals surface area contributed by atoms with Crippen LogP contribution in [-0.4, -0.2) is 48.1 Å². The van der Waals surface area contributed by atoms with Gasteiger partial charge in [0.15, 0.2) is 0 Å². The van der Waals surface area contributed by atoms with Gasteiger partial charge in [-0.05, 0) is 35.7 Å². The van der Waals surface area contributed by atoms with Crippen LogP contribution in [0.5, 0.6) is 0 Å². The van der Waals surface area contributed by atoms with Gasteiger partial charge in [0.05, 0.1) is 11.7 Å². The van der Waals surface area contributed by atoms with Crippen LogP contribution in [0, 0.1) is 5.82 Å². The molecule has 2 atom stereocenters. The SMILES string of the molecule is NC(=O)c1cc(F)ccc1N1CCN(C2Cc3ccccc3[C@@H]2O)CC1. The molecule has 1 fully saturated rings. The summed E-state index contributed by atoms with van der Waals surface area (Å²) in [6.45, 7) is 2.94. The van der Waals surface area contributed by atoms with E-state index in [4.69, 9.17) is 5.73 Å². The number of nitrogens with two attached hydrogens (primary N) is 1. The van der Waals surface area contributed by atoms with Crippen LogP contribution in [0.25, 0.3) is 0 Å². The van der Waals surface area contributed by atoms with Gasteiger partial charge >= 0.3 is 0 Å². The highest BCUT2D eigenvalue weighted by Gasteiger charge is 2.36. The fourth-order valence-corrected chi connectivity index (χ4v) is 4.16. The molecule has 2 aromatic rings. The van der Waals surface area contributed by atoms with Crippen LogP contribution < -0.4 is 10.6 Å². The van der Waals surface area contributed by atoms with Crippen LogP contribution in [0.2, 0.25) is 0 Å². The van der Waals surface area contributed by atoms with Gasteiger partial charge in [-0.1, -0.05) is 24.3 Å². The standard InChI is InChI=1S/C20H22FN3O2/c21-14-5-6-17(16(12-14)20(22)26)23-7-9-24(10-8-23)18-11-13-3-1-2-4-15(13)19(18)25/h1-6,12,18-19,25H,7-11H2,(H2,22,26)/t18?,19-/m0/s1. The molecule has 1 unspecified atom stereocenters. The number of hydrogen-bond acceptors (Lipinski definition) is 4. The Labute approximate surface area is 151 Å². The zero-order valence-corrected chi connectivity index (χ0v) is 14.4. The van der Waals surface area contributed by atoms with Crippen LogP contribution in [0.3, 0.4) is 0 Å². The number of piperazine rings is 1. The molecule has 0 aromatic heterocycles. The predicted octanol–water partition coefficient (Wildman–Crippen LogP) is 1.70. The number of aliphatic hydroxyl groups is 1. The van der Waals surface area contributed by atoms with Crippen molar-refractivity contribution in [3.05, 3.63) is 65.0 Å². The first-order valence-corrected chi connectivity index (χ1v) is 8.89. The summed E-state index contributed by atoms with van der Waals surface area (Å²) in [6, 6.07) is 12.3. The number of anilines is 1. The maximum Gasteiger partial charge on any atom is 0.250 e. The molecule has 0 spiro atoms.